The van der Waals surface area contributed by atoms with Gasteiger partial charge in [0.05, 0.1) is 12.0 Å². The molecule has 2 amide bonds. The molecule has 0 spiro atoms. The minimum Gasteiger partial charge on any atom is -0.497 e. The average molecular weight is 445 g/mol. The number of aromatic nitrogens is 4. The maximum absolute atomic E-state index is 12.0. The summed E-state index contributed by atoms with van der Waals surface area (Å²) in [5.41, 5.74) is -0.178. The Morgan fingerprint density at radius 3 is 2.59 bits per heavy atom. The molecule has 2 aromatic heterocycles. The highest BCUT2D eigenvalue weighted by Crippen LogP contribution is 2.16. The number of carbonyl (C=O) groups is 2. The number of methoxy groups -OCH3 is 1. The fourth-order valence-electron chi connectivity index (χ4n) is 2.41. The van der Waals surface area contributed by atoms with Gasteiger partial charge in [-0.15, -0.1) is 0 Å². The smallest absolute Gasteiger partial charge is 0.316 e. The number of benzene rings is 1. The van der Waals surface area contributed by atoms with Gasteiger partial charge < -0.3 is 24.6 Å². The van der Waals surface area contributed by atoms with Crippen LogP contribution in [0.3, 0.4) is 0 Å². The van der Waals surface area contributed by atoms with Crippen molar-refractivity contribution in [1.29, 1.82) is 0 Å². The zero-order chi connectivity index (χ0) is 22.9. The first-order valence-corrected chi connectivity index (χ1v) is 9.26. The van der Waals surface area contributed by atoms with Gasteiger partial charge in [-0.2, -0.15) is 10.1 Å². The van der Waals surface area contributed by atoms with Crippen molar-refractivity contribution in [2.75, 3.05) is 26.8 Å². The summed E-state index contributed by atoms with van der Waals surface area (Å²) in [5.74, 6) is 0.0535. The number of carbonyl (C=O) groups excluding carboxylic acids is 2. The molecule has 14 heteroatoms. The molecular formula is C18H19N7O7. The first-order valence-electron chi connectivity index (χ1n) is 9.26. The molecule has 0 saturated heterocycles. The van der Waals surface area contributed by atoms with E-state index in [1.807, 2.05) is 0 Å². The van der Waals surface area contributed by atoms with E-state index in [0.717, 1.165) is 6.20 Å². The summed E-state index contributed by atoms with van der Waals surface area (Å²) in [7, 11) is 1.55. The van der Waals surface area contributed by atoms with Crippen LogP contribution >= 0.6 is 0 Å². The third-order valence-electron chi connectivity index (χ3n) is 3.96. The van der Waals surface area contributed by atoms with Gasteiger partial charge >= 0.3 is 17.5 Å². The maximum Gasteiger partial charge on any atom is 0.316 e. The predicted octanol–water partition coefficient (Wildman–Crippen LogP) is 0.156. The Morgan fingerprint density at radius 2 is 1.91 bits per heavy atom. The highest BCUT2D eigenvalue weighted by molar-refractivity contribution is 5.89. The number of hydrogen-bond acceptors (Lipinski definition) is 10. The zero-order valence-corrected chi connectivity index (χ0v) is 16.9. The Morgan fingerprint density at radius 1 is 1.19 bits per heavy atom. The molecule has 1 aromatic carbocycles. The van der Waals surface area contributed by atoms with Crippen molar-refractivity contribution in [2.24, 2.45) is 0 Å². The molecule has 0 aliphatic rings. The van der Waals surface area contributed by atoms with Crippen LogP contribution in [0, 0.1) is 10.1 Å². The van der Waals surface area contributed by atoms with E-state index in [-0.39, 0.29) is 49.6 Å². The van der Waals surface area contributed by atoms with Crippen LogP contribution in [0.25, 0.3) is 0 Å². The van der Waals surface area contributed by atoms with Crippen molar-refractivity contribution in [2.45, 2.75) is 6.54 Å². The lowest BCUT2D eigenvalue weighted by molar-refractivity contribution is -0.385. The normalized spacial score (nSPS) is 10.4. The first kappa shape index (κ1) is 22.2. The second-order valence-electron chi connectivity index (χ2n) is 6.24. The molecule has 0 radical (unpaired) electrons. The molecule has 0 unspecified atom stereocenters. The van der Waals surface area contributed by atoms with E-state index in [4.69, 9.17) is 14.0 Å². The summed E-state index contributed by atoms with van der Waals surface area (Å²) in [6, 6.07) is 6.78. The molecule has 2 heterocycles. The Hall–Kier alpha value is -4.49. The highest BCUT2D eigenvalue weighted by atomic mass is 16.6. The third kappa shape index (κ3) is 6.25. The van der Waals surface area contributed by atoms with E-state index < -0.39 is 10.8 Å². The molecule has 0 aliphatic heterocycles. The Bertz CT molecular complexity index is 1080. The second kappa shape index (κ2) is 10.5. The van der Waals surface area contributed by atoms with Crippen LogP contribution in [-0.4, -0.2) is 63.5 Å². The van der Waals surface area contributed by atoms with Gasteiger partial charge in [-0.3, -0.25) is 24.4 Å². The molecule has 0 saturated carbocycles. The summed E-state index contributed by atoms with van der Waals surface area (Å²) in [6.07, 6.45) is 2.29. The third-order valence-corrected chi connectivity index (χ3v) is 3.96. The molecule has 0 aliphatic carbocycles. The molecule has 0 atom stereocenters. The number of rotatable bonds is 11. The maximum atomic E-state index is 12.0. The van der Waals surface area contributed by atoms with Crippen molar-refractivity contribution in [3.63, 3.8) is 0 Å². The highest BCUT2D eigenvalue weighted by Gasteiger charge is 2.16. The molecule has 2 N–H and O–H groups in total. The number of nitrogens with zero attached hydrogens (tertiary/aromatic N) is 5. The van der Waals surface area contributed by atoms with Gasteiger partial charge in [-0.25, -0.2) is 0 Å². The van der Waals surface area contributed by atoms with Crippen molar-refractivity contribution in [3.05, 3.63) is 58.5 Å². The number of nitrogens with one attached hydrogen (secondary N) is 2. The molecule has 168 valence electrons. The van der Waals surface area contributed by atoms with E-state index in [9.17, 15) is 19.7 Å². The minimum atomic E-state index is -0.626. The van der Waals surface area contributed by atoms with E-state index >= 15 is 0 Å². The van der Waals surface area contributed by atoms with E-state index in [1.54, 1.807) is 31.4 Å². The van der Waals surface area contributed by atoms with Crippen LogP contribution in [0.1, 0.15) is 16.5 Å². The van der Waals surface area contributed by atoms with Crippen LogP contribution in [0.4, 0.5) is 5.69 Å². The Balaban J connectivity index is 1.35. The lowest BCUT2D eigenvalue weighted by Gasteiger charge is -2.08. The zero-order valence-electron chi connectivity index (χ0n) is 16.9. The summed E-state index contributed by atoms with van der Waals surface area (Å²) in [6.45, 7) is 0.0957. The van der Waals surface area contributed by atoms with Crippen LogP contribution < -0.4 is 20.1 Å². The lowest BCUT2D eigenvalue weighted by atomic mass is 10.3. The van der Waals surface area contributed by atoms with Crippen molar-refractivity contribution < 1.29 is 28.5 Å². The van der Waals surface area contributed by atoms with Gasteiger partial charge in [0.2, 0.25) is 0 Å². The summed E-state index contributed by atoms with van der Waals surface area (Å²) in [4.78, 5) is 37.8. The number of amides is 2. The van der Waals surface area contributed by atoms with Crippen LogP contribution in [-0.2, 0) is 11.3 Å². The first-order chi connectivity index (χ1) is 15.4. The van der Waals surface area contributed by atoms with Gasteiger partial charge in [0.15, 0.2) is 12.4 Å². The quantitative estimate of drug-likeness (QED) is 0.235. The van der Waals surface area contributed by atoms with E-state index in [1.165, 1.54) is 10.9 Å². The van der Waals surface area contributed by atoms with Gasteiger partial charge in [-0.1, -0.05) is 5.16 Å². The Labute approximate surface area is 180 Å². The number of ether oxygens (including phenoxy) is 2. The fraction of sp³-hybridized carbons (Fsp3) is 0.278. The minimum absolute atomic E-state index is 0.00509. The average Bonchev–Trinajstić information content (AvgIpc) is 3.46. The van der Waals surface area contributed by atoms with Crippen LogP contribution in [0.5, 0.6) is 11.5 Å². The van der Waals surface area contributed by atoms with Crippen LogP contribution in [0.2, 0.25) is 0 Å². The number of hydrogen-bond donors (Lipinski definition) is 2. The van der Waals surface area contributed by atoms with Crippen molar-refractivity contribution in [3.8, 4) is 11.5 Å². The molecule has 3 rings (SSSR count). The lowest BCUT2D eigenvalue weighted by Crippen LogP contribution is -2.36. The summed E-state index contributed by atoms with van der Waals surface area (Å²) in [5, 5.41) is 23.2. The van der Waals surface area contributed by atoms with Gasteiger partial charge in [0, 0.05) is 13.1 Å². The van der Waals surface area contributed by atoms with Gasteiger partial charge in [0.1, 0.15) is 30.4 Å². The van der Waals surface area contributed by atoms with Gasteiger partial charge in [-0.05, 0) is 24.3 Å². The molecule has 32 heavy (non-hydrogen) atoms. The van der Waals surface area contributed by atoms with Crippen molar-refractivity contribution in [1.82, 2.24) is 30.6 Å². The SMILES string of the molecule is COc1ccc(OCC(=O)NCCNC(=O)c2nc(Cn3cc([N+](=O)[O-])cn3)no2)cc1. The molecule has 0 fully saturated rings. The van der Waals surface area contributed by atoms with Crippen molar-refractivity contribution >= 4 is 17.5 Å². The molecule has 0 bridgehead atoms. The van der Waals surface area contributed by atoms with E-state index in [2.05, 4.69) is 25.9 Å². The summed E-state index contributed by atoms with van der Waals surface area (Å²) < 4.78 is 16.5. The van der Waals surface area contributed by atoms with E-state index in [0.29, 0.717) is 11.5 Å². The molecule has 14 nitrogen and oxygen atoms in total. The largest absolute Gasteiger partial charge is 0.497 e. The summed E-state index contributed by atoms with van der Waals surface area (Å²) >= 11 is 0. The topological polar surface area (TPSA) is 177 Å². The monoisotopic (exact) mass is 445 g/mol. The fourth-order valence-corrected chi connectivity index (χ4v) is 2.41. The second-order valence-corrected chi connectivity index (χ2v) is 6.24. The molecular weight excluding hydrogens is 426 g/mol. The number of nitro groups is 1. The van der Waals surface area contributed by atoms with Crippen LogP contribution in [0.15, 0.2) is 41.2 Å². The predicted molar refractivity (Wildman–Crippen MR) is 106 cm³/mol. The molecule has 3 aromatic rings. The Kier molecular flexibility index (Phi) is 7.29. The van der Waals surface area contributed by atoms with Gasteiger partial charge in [0.25, 0.3) is 5.91 Å². The standard InChI is InChI=1S/C18H19N7O7/c1-30-13-2-4-14(5-3-13)31-11-16(26)19-6-7-20-17(27)18-22-15(23-32-18)10-24-9-12(8-21-24)25(28)29/h2-5,8-9H,6-7,10-11H2,1H3,(H,19,26)(H,20,27).